The SMILES string of the molecule is N#Cc1c(-n2c3ccccc3c3ccc(-c4nc(-c5ccccc5)nc(-c5ccccc5)n4)cc32)cc(-c2c(F)c(F)c(F)c(F)c2F)cc1-n1c2ccccc2c2ccc(-c3nc(-c4ccccc4)nc(-c4ccccc4)n3)cc21. The Morgan fingerprint density at radius 3 is 0.926 bits per heavy atom. The van der Waals surface area contributed by atoms with Gasteiger partial charge in [-0.1, -0.05) is 182 Å². The number of nitriles is 1. The molecule has 0 radical (unpaired) electrons. The largest absolute Gasteiger partial charge is 0.308 e. The predicted molar refractivity (Wildman–Crippen MR) is 304 cm³/mol. The second kappa shape index (κ2) is 19.5. The highest BCUT2D eigenvalue weighted by Gasteiger charge is 2.30. The first-order valence-electron chi connectivity index (χ1n) is 25.6. The zero-order chi connectivity index (χ0) is 54.9. The van der Waals surface area contributed by atoms with Crippen molar-refractivity contribution in [3.8, 4) is 96.9 Å². The molecule has 0 bridgehead atoms. The summed E-state index contributed by atoms with van der Waals surface area (Å²) >= 11 is 0. The predicted octanol–water partition coefficient (Wildman–Crippen LogP) is 16.5. The van der Waals surface area contributed by atoms with Gasteiger partial charge in [-0.3, -0.25) is 0 Å². The molecular formula is C67H36F5N9. The summed E-state index contributed by atoms with van der Waals surface area (Å²) in [5.74, 6) is -8.30. The minimum atomic E-state index is -2.30. The van der Waals surface area contributed by atoms with Gasteiger partial charge in [0, 0.05) is 54.9 Å². The van der Waals surface area contributed by atoms with Gasteiger partial charge in [0.25, 0.3) is 0 Å². The number of para-hydroxylation sites is 2. The molecule has 0 aliphatic carbocycles. The van der Waals surface area contributed by atoms with E-state index < -0.39 is 40.2 Å². The maximum absolute atomic E-state index is 16.5. The average Bonchev–Trinajstić information content (AvgIpc) is 4.15. The van der Waals surface area contributed by atoms with Crippen LogP contribution in [0, 0.1) is 40.4 Å². The summed E-state index contributed by atoms with van der Waals surface area (Å²) in [5, 5.41) is 14.7. The van der Waals surface area contributed by atoms with E-state index >= 15 is 17.6 Å². The number of halogens is 5. The van der Waals surface area contributed by atoms with Gasteiger partial charge in [-0.15, -0.1) is 0 Å². The van der Waals surface area contributed by atoms with Crippen LogP contribution >= 0.6 is 0 Å². The smallest absolute Gasteiger partial charge is 0.200 e. The van der Waals surface area contributed by atoms with Gasteiger partial charge in [0.05, 0.1) is 39.0 Å². The normalized spacial score (nSPS) is 11.5. The van der Waals surface area contributed by atoms with E-state index in [0.29, 0.717) is 78.9 Å². The fourth-order valence-corrected chi connectivity index (χ4v) is 10.7. The highest BCUT2D eigenvalue weighted by atomic mass is 19.2. The quantitative estimate of drug-likeness (QED) is 0.0804. The van der Waals surface area contributed by atoms with E-state index in [1.807, 2.05) is 206 Å². The van der Waals surface area contributed by atoms with Crippen molar-refractivity contribution in [2.24, 2.45) is 0 Å². The maximum Gasteiger partial charge on any atom is 0.200 e. The third kappa shape index (κ3) is 8.13. The minimum Gasteiger partial charge on any atom is -0.308 e. The highest BCUT2D eigenvalue weighted by molar-refractivity contribution is 6.12. The number of aromatic nitrogens is 8. The van der Waals surface area contributed by atoms with Crippen molar-refractivity contribution in [2.45, 2.75) is 0 Å². The van der Waals surface area contributed by atoms with Gasteiger partial charge in [-0.25, -0.2) is 51.9 Å². The number of rotatable bonds is 9. The van der Waals surface area contributed by atoms with Crippen LogP contribution in [0.3, 0.4) is 0 Å². The van der Waals surface area contributed by atoms with E-state index in [4.69, 9.17) is 29.9 Å². The molecule has 0 N–H and O–H groups in total. The molecule has 0 spiro atoms. The van der Waals surface area contributed by atoms with Crippen molar-refractivity contribution in [1.82, 2.24) is 39.0 Å². The number of benzene rings is 10. The third-order valence-corrected chi connectivity index (χ3v) is 14.5. The van der Waals surface area contributed by atoms with Crippen LogP contribution in [0.4, 0.5) is 22.0 Å². The van der Waals surface area contributed by atoms with Crippen LogP contribution in [0.2, 0.25) is 0 Å². The molecule has 4 heterocycles. The van der Waals surface area contributed by atoms with Crippen molar-refractivity contribution in [3.05, 3.63) is 253 Å². The lowest BCUT2D eigenvalue weighted by Crippen LogP contribution is -2.08. The molecule has 9 nitrogen and oxygen atoms in total. The Labute approximate surface area is 457 Å². The van der Waals surface area contributed by atoms with E-state index in [0.717, 1.165) is 33.0 Å². The van der Waals surface area contributed by atoms with Crippen LogP contribution in [-0.2, 0) is 0 Å². The van der Waals surface area contributed by atoms with E-state index in [9.17, 15) is 9.65 Å². The fourth-order valence-electron chi connectivity index (χ4n) is 10.7. The first-order valence-corrected chi connectivity index (χ1v) is 25.6. The van der Waals surface area contributed by atoms with Gasteiger partial charge in [0.1, 0.15) is 11.6 Å². The zero-order valence-electron chi connectivity index (χ0n) is 42.2. The molecule has 0 aliphatic heterocycles. The fraction of sp³-hybridized carbons (Fsp3) is 0. The second-order valence-electron chi connectivity index (χ2n) is 19.2. The molecule has 0 saturated heterocycles. The van der Waals surface area contributed by atoms with E-state index in [-0.39, 0.29) is 16.9 Å². The maximum atomic E-state index is 16.5. The van der Waals surface area contributed by atoms with Crippen LogP contribution in [-0.4, -0.2) is 39.0 Å². The Hall–Kier alpha value is -11.0. The van der Waals surface area contributed by atoms with Gasteiger partial charge in [-0.2, -0.15) is 5.26 Å². The van der Waals surface area contributed by atoms with Crippen molar-refractivity contribution in [1.29, 1.82) is 5.26 Å². The molecule has 0 unspecified atom stereocenters. The van der Waals surface area contributed by atoms with Crippen LogP contribution < -0.4 is 0 Å². The highest BCUT2D eigenvalue weighted by Crippen LogP contribution is 2.43. The molecule has 0 amide bonds. The summed E-state index contributed by atoms with van der Waals surface area (Å²) in [6, 6.07) is 69.1. The van der Waals surface area contributed by atoms with E-state index in [2.05, 4.69) is 6.07 Å². The Kier molecular flexibility index (Phi) is 11.6. The molecule has 384 valence electrons. The van der Waals surface area contributed by atoms with E-state index in [1.165, 1.54) is 12.1 Å². The first-order chi connectivity index (χ1) is 39.7. The van der Waals surface area contributed by atoms with E-state index in [1.54, 1.807) is 9.13 Å². The number of hydrogen-bond acceptors (Lipinski definition) is 7. The Bertz CT molecular complexity index is 4480. The van der Waals surface area contributed by atoms with Crippen LogP contribution in [0.25, 0.3) is 134 Å². The van der Waals surface area contributed by atoms with Crippen LogP contribution in [0.5, 0.6) is 0 Å². The molecule has 14 aromatic rings. The third-order valence-electron chi connectivity index (χ3n) is 14.5. The molecule has 0 saturated carbocycles. The summed E-state index contributed by atoms with van der Waals surface area (Å²) in [6.07, 6.45) is 0. The van der Waals surface area contributed by atoms with Gasteiger partial charge in [0.2, 0.25) is 5.82 Å². The van der Waals surface area contributed by atoms with Gasteiger partial charge in [0.15, 0.2) is 58.2 Å². The first kappa shape index (κ1) is 48.3. The molecule has 0 fully saturated rings. The molecule has 4 aromatic heterocycles. The van der Waals surface area contributed by atoms with Crippen LogP contribution in [0.15, 0.2) is 218 Å². The summed E-state index contributed by atoms with van der Waals surface area (Å²) in [4.78, 5) is 29.7. The molecule has 14 heteroatoms. The Balaban J connectivity index is 1.06. The molecule has 14 rings (SSSR count). The average molecular weight is 1060 g/mol. The van der Waals surface area contributed by atoms with Crippen molar-refractivity contribution < 1.29 is 22.0 Å². The van der Waals surface area contributed by atoms with Gasteiger partial charge < -0.3 is 9.13 Å². The molecule has 81 heavy (non-hydrogen) atoms. The summed E-state index contributed by atoms with van der Waals surface area (Å²) in [5.41, 5.74) is 4.84. The van der Waals surface area contributed by atoms with Gasteiger partial charge >= 0.3 is 0 Å². The lowest BCUT2D eigenvalue weighted by molar-refractivity contribution is 0.381. The monoisotopic (exact) mass is 1060 g/mol. The minimum absolute atomic E-state index is 0.000452. The topological polar surface area (TPSA) is 111 Å². The number of nitrogens with zero attached hydrogens (tertiary/aromatic N) is 9. The van der Waals surface area contributed by atoms with Crippen molar-refractivity contribution in [2.75, 3.05) is 0 Å². The lowest BCUT2D eigenvalue weighted by Gasteiger charge is -2.19. The molecule has 0 aliphatic rings. The number of fused-ring (bicyclic) bond motifs is 6. The van der Waals surface area contributed by atoms with Crippen molar-refractivity contribution in [3.63, 3.8) is 0 Å². The van der Waals surface area contributed by atoms with Crippen molar-refractivity contribution >= 4 is 43.6 Å². The zero-order valence-corrected chi connectivity index (χ0v) is 42.2. The number of hydrogen-bond donors (Lipinski definition) is 0. The van der Waals surface area contributed by atoms with Crippen LogP contribution in [0.1, 0.15) is 5.56 Å². The second-order valence-corrected chi connectivity index (χ2v) is 19.2. The van der Waals surface area contributed by atoms with Gasteiger partial charge in [-0.05, 0) is 42.0 Å². The Morgan fingerprint density at radius 2 is 0.580 bits per heavy atom. The Morgan fingerprint density at radius 1 is 0.284 bits per heavy atom. The molecule has 10 aromatic carbocycles. The molecular weight excluding hydrogens is 1030 g/mol. The molecule has 0 atom stereocenters. The summed E-state index contributed by atoms with van der Waals surface area (Å²) in [7, 11) is 0. The lowest BCUT2D eigenvalue weighted by atomic mass is 9.98. The summed E-state index contributed by atoms with van der Waals surface area (Å²) in [6.45, 7) is 0. The standard InChI is InChI=1S/C67H36F5N9/c68-57-56(58(69)60(71)61(72)59(57)70)44-35-54(80-50-27-15-13-25-45(50)47-31-29-42(33-52(47)80)66-76-62(38-17-5-1-6-18-38)74-63(77-66)39-19-7-2-8-20-39)49(37-73)55(36-44)81-51-28-16-14-26-46(51)48-32-30-43(34-53(48)81)67-78-64(40-21-9-3-10-22-40)75-65(79-67)41-23-11-4-12-24-41/h1-36H. The summed E-state index contributed by atoms with van der Waals surface area (Å²) < 4.78 is 82.5.